The van der Waals surface area contributed by atoms with E-state index in [9.17, 15) is 18.0 Å². The molecule has 0 fully saturated rings. The first kappa shape index (κ1) is 14.3. The number of anilines is 1. The normalized spacial score (nSPS) is 10.9. The zero-order chi connectivity index (χ0) is 13.9. The summed E-state index contributed by atoms with van der Waals surface area (Å²) in [5.41, 5.74) is -1.66. The first-order valence-corrected chi connectivity index (χ1v) is 4.76. The van der Waals surface area contributed by atoms with E-state index >= 15 is 0 Å². The van der Waals surface area contributed by atoms with Crippen LogP contribution in [0.3, 0.4) is 0 Å². The van der Waals surface area contributed by atoms with Crippen LogP contribution in [-0.2, 0) is 11.0 Å². The van der Waals surface area contributed by atoms with Crippen LogP contribution in [0, 0.1) is 0 Å². The van der Waals surface area contributed by atoms with Crippen LogP contribution in [-0.4, -0.2) is 23.1 Å². The molecule has 1 aromatic rings. The van der Waals surface area contributed by atoms with Crippen molar-refractivity contribution in [3.05, 3.63) is 36.4 Å². The third-order valence-corrected chi connectivity index (χ3v) is 2.03. The number of hydrogen-bond donors (Lipinski definition) is 3. The van der Waals surface area contributed by atoms with Gasteiger partial charge in [0.15, 0.2) is 0 Å². The van der Waals surface area contributed by atoms with Crippen LogP contribution < -0.4 is 10.8 Å². The predicted octanol–water partition coefficient (Wildman–Crippen LogP) is 0.510. The number of hydrogen-bond acceptors (Lipinski definition) is 3. The Bertz CT molecular complexity index is 474. The number of benzene rings is 1. The highest BCUT2D eigenvalue weighted by Gasteiger charge is 2.32. The van der Waals surface area contributed by atoms with Gasteiger partial charge in [-0.15, -0.1) is 0 Å². The molecule has 3 N–H and O–H groups in total. The maximum Gasteiger partial charge on any atom is 0.488 e. The maximum absolute atomic E-state index is 12.5. The minimum Gasteiger partial charge on any atom is -0.423 e. The molecule has 0 aromatic heterocycles. The van der Waals surface area contributed by atoms with Gasteiger partial charge in [-0.25, -0.2) is 0 Å². The summed E-state index contributed by atoms with van der Waals surface area (Å²) in [6.45, 7) is 3.15. The van der Waals surface area contributed by atoms with Crippen molar-refractivity contribution in [1.29, 1.82) is 0 Å². The minimum atomic E-state index is -4.65. The zero-order valence-corrected chi connectivity index (χ0v) is 9.03. The number of rotatable bonds is 3. The number of halogens is 3. The van der Waals surface area contributed by atoms with E-state index in [2.05, 4.69) is 11.9 Å². The van der Waals surface area contributed by atoms with Gasteiger partial charge in [-0.05, 0) is 23.7 Å². The molecule has 18 heavy (non-hydrogen) atoms. The SMILES string of the molecule is C=CC(=O)Nc1cc(B(O)O)cc(C(F)(F)F)c1. The van der Waals surface area contributed by atoms with E-state index in [1.165, 1.54) is 0 Å². The molecule has 0 spiro atoms. The number of carbonyl (C=O) groups excluding carboxylic acids is 1. The highest BCUT2D eigenvalue weighted by molar-refractivity contribution is 6.58. The van der Waals surface area contributed by atoms with Crippen molar-refractivity contribution < 1.29 is 28.0 Å². The minimum absolute atomic E-state index is 0.196. The molecule has 4 nitrogen and oxygen atoms in total. The van der Waals surface area contributed by atoms with Crippen molar-refractivity contribution in [3.63, 3.8) is 0 Å². The van der Waals surface area contributed by atoms with Crippen LogP contribution in [0.15, 0.2) is 30.9 Å². The summed E-state index contributed by atoms with van der Waals surface area (Å²) in [6, 6.07) is 2.31. The van der Waals surface area contributed by atoms with E-state index in [1.54, 1.807) is 0 Å². The molecule has 0 aliphatic carbocycles. The monoisotopic (exact) mass is 259 g/mol. The van der Waals surface area contributed by atoms with Gasteiger partial charge in [0.1, 0.15) is 0 Å². The van der Waals surface area contributed by atoms with Crippen molar-refractivity contribution in [2.75, 3.05) is 5.32 Å². The Morgan fingerprint density at radius 2 is 1.94 bits per heavy atom. The molecular weight excluding hydrogens is 250 g/mol. The van der Waals surface area contributed by atoms with Crippen LogP contribution in [0.4, 0.5) is 18.9 Å². The molecule has 0 radical (unpaired) electrons. The smallest absolute Gasteiger partial charge is 0.423 e. The van der Waals surface area contributed by atoms with Crippen molar-refractivity contribution in [2.24, 2.45) is 0 Å². The first-order chi connectivity index (χ1) is 8.24. The van der Waals surface area contributed by atoms with Gasteiger partial charge >= 0.3 is 13.3 Å². The Balaban J connectivity index is 3.22. The Morgan fingerprint density at radius 3 is 2.39 bits per heavy atom. The lowest BCUT2D eigenvalue weighted by Crippen LogP contribution is -2.31. The molecule has 1 rings (SSSR count). The largest absolute Gasteiger partial charge is 0.488 e. The Morgan fingerprint density at radius 1 is 1.33 bits per heavy atom. The average molecular weight is 259 g/mol. The molecule has 0 atom stereocenters. The summed E-state index contributed by atoms with van der Waals surface area (Å²) in [5.74, 6) is -0.701. The van der Waals surface area contributed by atoms with E-state index in [4.69, 9.17) is 10.0 Å². The second-order valence-corrected chi connectivity index (χ2v) is 3.41. The van der Waals surface area contributed by atoms with Crippen LogP contribution in [0.25, 0.3) is 0 Å². The van der Waals surface area contributed by atoms with Gasteiger partial charge in [-0.2, -0.15) is 13.2 Å². The van der Waals surface area contributed by atoms with Crippen LogP contribution in [0.1, 0.15) is 5.56 Å². The van der Waals surface area contributed by atoms with Gasteiger partial charge in [-0.3, -0.25) is 4.79 Å². The summed E-state index contributed by atoms with van der Waals surface area (Å²) in [5, 5.41) is 19.9. The van der Waals surface area contributed by atoms with Gasteiger partial charge in [0.05, 0.1) is 5.56 Å². The topological polar surface area (TPSA) is 69.6 Å². The molecular formula is C10H9BF3NO3. The van der Waals surface area contributed by atoms with Crippen LogP contribution in [0.2, 0.25) is 0 Å². The van der Waals surface area contributed by atoms with E-state index in [1.807, 2.05) is 0 Å². The molecule has 8 heteroatoms. The van der Waals surface area contributed by atoms with E-state index in [0.29, 0.717) is 12.1 Å². The number of amides is 1. The fraction of sp³-hybridized carbons (Fsp3) is 0.100. The molecule has 0 saturated heterocycles. The van der Waals surface area contributed by atoms with E-state index < -0.39 is 24.8 Å². The van der Waals surface area contributed by atoms with Gasteiger partial charge in [0.25, 0.3) is 0 Å². The highest BCUT2D eigenvalue weighted by Crippen LogP contribution is 2.30. The van der Waals surface area contributed by atoms with Crippen molar-refractivity contribution >= 4 is 24.2 Å². The lowest BCUT2D eigenvalue weighted by Gasteiger charge is -2.12. The standard InChI is InChI=1S/C10H9BF3NO3/c1-2-9(16)15-8-4-6(10(12,13)14)3-7(5-8)11(17)18/h2-5,17-18H,1H2,(H,15,16). The summed E-state index contributed by atoms with van der Waals surface area (Å²) in [6.07, 6.45) is -3.77. The molecule has 0 bridgehead atoms. The maximum atomic E-state index is 12.5. The van der Waals surface area contributed by atoms with Crippen LogP contribution >= 0.6 is 0 Å². The molecule has 0 aliphatic rings. The molecule has 96 valence electrons. The number of alkyl halides is 3. The quantitative estimate of drug-likeness (QED) is 0.547. The fourth-order valence-corrected chi connectivity index (χ4v) is 1.23. The Kier molecular flexibility index (Phi) is 4.15. The summed E-state index contributed by atoms with van der Waals surface area (Å²) in [7, 11) is -2.06. The molecule has 0 aliphatic heterocycles. The van der Waals surface area contributed by atoms with Crippen LogP contribution in [0.5, 0.6) is 0 Å². The Hall–Kier alpha value is -1.80. The summed E-state index contributed by atoms with van der Waals surface area (Å²) in [4.78, 5) is 11.0. The molecule has 0 unspecified atom stereocenters. The highest BCUT2D eigenvalue weighted by atomic mass is 19.4. The fourth-order valence-electron chi connectivity index (χ4n) is 1.23. The van der Waals surface area contributed by atoms with Gasteiger partial charge in [0.2, 0.25) is 5.91 Å². The third-order valence-electron chi connectivity index (χ3n) is 2.03. The van der Waals surface area contributed by atoms with Crippen molar-refractivity contribution in [1.82, 2.24) is 0 Å². The van der Waals surface area contributed by atoms with Crippen molar-refractivity contribution in [2.45, 2.75) is 6.18 Å². The van der Waals surface area contributed by atoms with Gasteiger partial charge < -0.3 is 15.4 Å². The lowest BCUT2D eigenvalue weighted by molar-refractivity contribution is -0.137. The molecule has 0 saturated carbocycles. The zero-order valence-electron chi connectivity index (χ0n) is 9.03. The Labute approximate surface area is 101 Å². The second kappa shape index (κ2) is 5.24. The van der Waals surface area contributed by atoms with E-state index in [0.717, 1.165) is 12.1 Å². The molecule has 0 heterocycles. The molecule has 1 amide bonds. The number of carbonyl (C=O) groups is 1. The second-order valence-electron chi connectivity index (χ2n) is 3.41. The van der Waals surface area contributed by atoms with Gasteiger partial charge in [0, 0.05) is 5.69 Å². The first-order valence-electron chi connectivity index (χ1n) is 4.76. The molecule has 1 aromatic carbocycles. The third kappa shape index (κ3) is 3.61. The lowest BCUT2D eigenvalue weighted by atomic mass is 9.79. The number of nitrogens with one attached hydrogen (secondary N) is 1. The van der Waals surface area contributed by atoms with E-state index in [-0.39, 0.29) is 11.2 Å². The summed E-state index contributed by atoms with van der Waals surface area (Å²) < 4.78 is 37.6. The summed E-state index contributed by atoms with van der Waals surface area (Å²) >= 11 is 0. The van der Waals surface area contributed by atoms with Crippen molar-refractivity contribution in [3.8, 4) is 0 Å². The van der Waals surface area contributed by atoms with Gasteiger partial charge in [-0.1, -0.05) is 12.6 Å². The average Bonchev–Trinajstić information content (AvgIpc) is 2.27. The predicted molar refractivity (Wildman–Crippen MR) is 60.1 cm³/mol.